The van der Waals surface area contributed by atoms with E-state index in [1.54, 1.807) is 7.05 Å². The summed E-state index contributed by atoms with van der Waals surface area (Å²) in [5.41, 5.74) is 1.91. The van der Waals surface area contributed by atoms with Gasteiger partial charge in [0.2, 0.25) is 0 Å². The number of nitrogens with zero attached hydrogens (tertiary/aromatic N) is 2. The second-order valence-electron chi connectivity index (χ2n) is 3.57. The molecular formula is C10H17ClN4S. The zero-order valence-electron chi connectivity index (χ0n) is 9.80. The molecule has 0 aromatic carbocycles. The summed E-state index contributed by atoms with van der Waals surface area (Å²) < 4.78 is 1.93. The molecule has 90 valence electrons. The van der Waals surface area contributed by atoms with Crippen LogP contribution in [0.25, 0.3) is 0 Å². The maximum absolute atomic E-state index is 6.05. The molecule has 0 aliphatic carbocycles. The number of nitrogens with one attached hydrogen (secondary N) is 2. The normalized spacial score (nSPS) is 10.2. The van der Waals surface area contributed by atoms with Crippen LogP contribution >= 0.6 is 23.8 Å². The average molecular weight is 261 g/mol. The van der Waals surface area contributed by atoms with Gasteiger partial charge >= 0.3 is 0 Å². The monoisotopic (exact) mass is 260 g/mol. The van der Waals surface area contributed by atoms with E-state index in [9.17, 15) is 0 Å². The van der Waals surface area contributed by atoms with E-state index < -0.39 is 0 Å². The molecule has 0 saturated heterocycles. The molecule has 4 nitrogen and oxygen atoms in total. The predicted molar refractivity (Wildman–Crippen MR) is 71.0 cm³/mol. The SMILES string of the molecule is CNC(=S)NCCCn1nc(C)c(Cl)c1C. The summed E-state index contributed by atoms with van der Waals surface area (Å²) in [5, 5.41) is 11.7. The number of hydrogen-bond donors (Lipinski definition) is 2. The van der Waals surface area contributed by atoms with E-state index in [0.717, 1.165) is 35.9 Å². The lowest BCUT2D eigenvalue weighted by molar-refractivity contribution is 0.557. The molecule has 0 atom stereocenters. The van der Waals surface area contributed by atoms with Gasteiger partial charge in [-0.25, -0.2) is 0 Å². The molecule has 6 heteroatoms. The molecule has 1 aromatic rings. The van der Waals surface area contributed by atoms with Gasteiger partial charge in [-0.15, -0.1) is 0 Å². The van der Waals surface area contributed by atoms with Crippen molar-refractivity contribution in [3.63, 3.8) is 0 Å². The molecule has 0 aliphatic heterocycles. The van der Waals surface area contributed by atoms with E-state index in [1.165, 1.54) is 0 Å². The van der Waals surface area contributed by atoms with Crippen molar-refractivity contribution in [1.82, 2.24) is 20.4 Å². The van der Waals surface area contributed by atoms with Crippen LogP contribution in [0.1, 0.15) is 17.8 Å². The van der Waals surface area contributed by atoms with Crippen molar-refractivity contribution in [3.8, 4) is 0 Å². The number of hydrogen-bond acceptors (Lipinski definition) is 2. The molecule has 0 radical (unpaired) electrons. The second kappa shape index (κ2) is 6.06. The molecule has 0 spiro atoms. The van der Waals surface area contributed by atoms with E-state index in [4.69, 9.17) is 23.8 Å². The maximum Gasteiger partial charge on any atom is 0.166 e. The van der Waals surface area contributed by atoms with Crippen LogP contribution in [0.5, 0.6) is 0 Å². The standard InChI is InChI=1S/C10H17ClN4S/c1-7-9(11)8(2)15(14-7)6-4-5-13-10(16)12-3/h4-6H2,1-3H3,(H2,12,13,16). The van der Waals surface area contributed by atoms with Gasteiger partial charge in [0.25, 0.3) is 0 Å². The van der Waals surface area contributed by atoms with Crippen molar-refractivity contribution in [2.24, 2.45) is 0 Å². The zero-order valence-corrected chi connectivity index (χ0v) is 11.4. The number of thiocarbonyl (C=S) groups is 1. The van der Waals surface area contributed by atoms with E-state index >= 15 is 0 Å². The fourth-order valence-corrected chi connectivity index (χ4v) is 1.65. The molecule has 16 heavy (non-hydrogen) atoms. The van der Waals surface area contributed by atoms with Crippen LogP contribution in [-0.2, 0) is 6.54 Å². The second-order valence-corrected chi connectivity index (χ2v) is 4.35. The van der Waals surface area contributed by atoms with Crippen molar-refractivity contribution in [3.05, 3.63) is 16.4 Å². The first-order chi connectivity index (χ1) is 7.56. The van der Waals surface area contributed by atoms with Crippen molar-refractivity contribution < 1.29 is 0 Å². The molecule has 1 heterocycles. The van der Waals surface area contributed by atoms with Crippen LogP contribution in [0.3, 0.4) is 0 Å². The van der Waals surface area contributed by atoms with Crippen molar-refractivity contribution in [2.45, 2.75) is 26.8 Å². The maximum atomic E-state index is 6.05. The largest absolute Gasteiger partial charge is 0.366 e. The third-order valence-electron chi connectivity index (χ3n) is 2.35. The fraction of sp³-hybridized carbons (Fsp3) is 0.600. The molecule has 0 saturated carbocycles. The Bertz CT molecular complexity index is 375. The molecule has 0 unspecified atom stereocenters. The Kier molecular flexibility index (Phi) is 5.02. The zero-order chi connectivity index (χ0) is 12.1. The van der Waals surface area contributed by atoms with Crippen LogP contribution < -0.4 is 10.6 Å². The van der Waals surface area contributed by atoms with Gasteiger partial charge in [0, 0.05) is 20.1 Å². The minimum atomic E-state index is 0.673. The highest BCUT2D eigenvalue weighted by Crippen LogP contribution is 2.18. The fourth-order valence-electron chi connectivity index (χ4n) is 1.41. The van der Waals surface area contributed by atoms with E-state index in [-0.39, 0.29) is 0 Å². The smallest absolute Gasteiger partial charge is 0.166 e. The molecule has 0 fully saturated rings. The van der Waals surface area contributed by atoms with Crippen LogP contribution in [-0.4, -0.2) is 28.5 Å². The van der Waals surface area contributed by atoms with E-state index in [1.807, 2.05) is 18.5 Å². The molecule has 0 amide bonds. The molecule has 2 N–H and O–H groups in total. The Balaban J connectivity index is 2.38. The summed E-state index contributed by atoms with van der Waals surface area (Å²) in [6, 6.07) is 0. The predicted octanol–water partition coefficient (Wildman–Crippen LogP) is 1.64. The van der Waals surface area contributed by atoms with Gasteiger partial charge in [-0.1, -0.05) is 11.6 Å². The first-order valence-corrected chi connectivity index (χ1v) is 6.00. The van der Waals surface area contributed by atoms with Gasteiger partial charge in [0.15, 0.2) is 5.11 Å². The van der Waals surface area contributed by atoms with Crippen molar-refractivity contribution in [2.75, 3.05) is 13.6 Å². The highest BCUT2D eigenvalue weighted by atomic mass is 35.5. The summed E-state index contributed by atoms with van der Waals surface area (Å²) >= 11 is 11.0. The number of halogens is 1. The minimum Gasteiger partial charge on any atom is -0.366 e. The first-order valence-electron chi connectivity index (χ1n) is 5.21. The van der Waals surface area contributed by atoms with Crippen LogP contribution in [0.4, 0.5) is 0 Å². The first kappa shape index (κ1) is 13.3. The molecule has 1 rings (SSSR count). The lowest BCUT2D eigenvalue weighted by atomic mass is 10.4. The summed E-state index contributed by atoms with van der Waals surface area (Å²) in [6.07, 6.45) is 0.958. The quantitative estimate of drug-likeness (QED) is 0.638. The molecule has 0 aliphatic rings. The Labute approximate surface area is 106 Å². The van der Waals surface area contributed by atoms with Crippen LogP contribution in [0, 0.1) is 13.8 Å². The molecule has 1 aromatic heterocycles. The third-order valence-corrected chi connectivity index (χ3v) is 3.25. The summed E-state index contributed by atoms with van der Waals surface area (Å²) in [4.78, 5) is 0. The topological polar surface area (TPSA) is 41.9 Å². The Morgan fingerprint density at radius 3 is 2.69 bits per heavy atom. The summed E-state index contributed by atoms with van der Waals surface area (Å²) in [7, 11) is 1.80. The van der Waals surface area contributed by atoms with Gasteiger partial charge in [-0.3, -0.25) is 4.68 Å². The molecular weight excluding hydrogens is 244 g/mol. The number of rotatable bonds is 4. The Morgan fingerprint density at radius 2 is 2.19 bits per heavy atom. The van der Waals surface area contributed by atoms with E-state index in [0.29, 0.717) is 5.11 Å². The molecule has 0 bridgehead atoms. The average Bonchev–Trinajstić information content (AvgIpc) is 2.52. The van der Waals surface area contributed by atoms with Gasteiger partial charge in [0.05, 0.1) is 16.4 Å². The summed E-state index contributed by atoms with van der Waals surface area (Å²) in [5.74, 6) is 0. The number of aromatic nitrogens is 2. The highest BCUT2D eigenvalue weighted by Gasteiger charge is 2.07. The lowest BCUT2D eigenvalue weighted by Crippen LogP contribution is -2.33. The van der Waals surface area contributed by atoms with E-state index in [2.05, 4.69) is 15.7 Å². The summed E-state index contributed by atoms with van der Waals surface area (Å²) in [6.45, 7) is 5.57. The highest BCUT2D eigenvalue weighted by molar-refractivity contribution is 7.80. The Hall–Kier alpha value is -0.810. The minimum absolute atomic E-state index is 0.673. The number of aryl methyl sites for hydroxylation is 2. The van der Waals surface area contributed by atoms with Gasteiger partial charge in [-0.2, -0.15) is 5.10 Å². The van der Waals surface area contributed by atoms with Crippen molar-refractivity contribution in [1.29, 1.82) is 0 Å². The van der Waals surface area contributed by atoms with Gasteiger partial charge < -0.3 is 10.6 Å². The van der Waals surface area contributed by atoms with Crippen LogP contribution in [0.2, 0.25) is 5.02 Å². The Morgan fingerprint density at radius 1 is 1.50 bits per heavy atom. The van der Waals surface area contributed by atoms with Crippen molar-refractivity contribution >= 4 is 28.9 Å². The van der Waals surface area contributed by atoms with Gasteiger partial charge in [-0.05, 0) is 32.5 Å². The third kappa shape index (κ3) is 3.35. The van der Waals surface area contributed by atoms with Gasteiger partial charge in [0.1, 0.15) is 0 Å². The lowest BCUT2D eigenvalue weighted by Gasteiger charge is -2.07. The van der Waals surface area contributed by atoms with Crippen LogP contribution in [0.15, 0.2) is 0 Å².